The summed E-state index contributed by atoms with van der Waals surface area (Å²) >= 11 is 4.89. The van der Waals surface area contributed by atoms with Crippen LogP contribution < -0.4 is 10.7 Å². The Balaban J connectivity index is 2.26. The molecule has 0 saturated heterocycles. The maximum Gasteiger partial charge on any atom is 0.334 e. The van der Waals surface area contributed by atoms with Crippen LogP contribution in [0.15, 0.2) is 34.2 Å². The van der Waals surface area contributed by atoms with Gasteiger partial charge >= 0.3 is 6.03 Å². The molecule has 2 aromatic rings. The maximum atomic E-state index is 11.1. The third-order valence-electron chi connectivity index (χ3n) is 2.38. The first-order valence-corrected chi connectivity index (χ1v) is 7.32. The number of thiazole rings is 1. The van der Waals surface area contributed by atoms with Crippen LogP contribution in [0.5, 0.6) is 0 Å². The van der Waals surface area contributed by atoms with E-state index < -0.39 is 0 Å². The van der Waals surface area contributed by atoms with Crippen LogP contribution in [-0.2, 0) is 0 Å². The first-order valence-electron chi connectivity index (χ1n) is 5.71. The quantitative estimate of drug-likeness (QED) is 0.657. The number of aromatic nitrogens is 2. The van der Waals surface area contributed by atoms with E-state index in [1.807, 2.05) is 12.1 Å². The van der Waals surface area contributed by atoms with Crippen molar-refractivity contribution in [2.45, 2.75) is 6.92 Å². The molecule has 104 valence electrons. The molecule has 0 aliphatic heterocycles. The lowest BCUT2D eigenvalue weighted by Crippen LogP contribution is -2.29. The van der Waals surface area contributed by atoms with Crippen LogP contribution in [-0.4, -0.2) is 28.8 Å². The first kappa shape index (κ1) is 14.6. The molecule has 20 heavy (non-hydrogen) atoms. The Morgan fingerprint density at radius 3 is 2.95 bits per heavy atom. The third-order valence-corrected chi connectivity index (χ3v) is 4.42. The second-order valence-electron chi connectivity index (χ2n) is 3.77. The number of rotatable bonds is 3. The number of halogens is 1. The van der Waals surface area contributed by atoms with Crippen molar-refractivity contribution in [2.24, 2.45) is 5.10 Å². The van der Waals surface area contributed by atoms with Gasteiger partial charge in [0.25, 0.3) is 0 Å². The molecule has 2 rings (SSSR count). The van der Waals surface area contributed by atoms with Crippen LogP contribution in [0, 0.1) is 0 Å². The minimum Gasteiger partial charge on any atom is -0.340 e. The van der Waals surface area contributed by atoms with Gasteiger partial charge in [0.2, 0.25) is 0 Å². The van der Waals surface area contributed by atoms with E-state index in [1.165, 1.54) is 18.4 Å². The number of carbonyl (C=O) groups excluding carboxylic acids is 1. The van der Waals surface area contributed by atoms with Gasteiger partial charge in [0.05, 0.1) is 10.6 Å². The standard InChI is InChI=1S/C12H12BrN5OS/c1-7(17-18-12(19)14-2)9-10(13)16-11(20-9)8-4-3-5-15-6-8/h3-6H,1-2H3,(H2,14,18,19)/b17-7+. The van der Waals surface area contributed by atoms with Crippen LogP contribution in [0.4, 0.5) is 4.79 Å². The lowest BCUT2D eigenvalue weighted by molar-refractivity contribution is 0.243. The monoisotopic (exact) mass is 353 g/mol. The number of hydrogen-bond donors (Lipinski definition) is 2. The number of urea groups is 1. The summed E-state index contributed by atoms with van der Waals surface area (Å²) in [5.41, 5.74) is 4.01. The summed E-state index contributed by atoms with van der Waals surface area (Å²) in [6, 6.07) is 3.44. The molecule has 0 aliphatic rings. The topological polar surface area (TPSA) is 79.3 Å². The molecule has 0 atom stereocenters. The Bertz CT molecular complexity index is 641. The molecule has 0 spiro atoms. The van der Waals surface area contributed by atoms with E-state index in [1.54, 1.807) is 19.3 Å². The second-order valence-corrected chi connectivity index (χ2v) is 5.52. The van der Waals surface area contributed by atoms with Gasteiger partial charge in [0, 0.05) is 25.0 Å². The highest BCUT2D eigenvalue weighted by molar-refractivity contribution is 9.10. The molecule has 6 nitrogen and oxygen atoms in total. The van der Waals surface area contributed by atoms with Gasteiger partial charge in [0.1, 0.15) is 9.61 Å². The maximum absolute atomic E-state index is 11.1. The number of hydrogen-bond acceptors (Lipinski definition) is 5. The fraction of sp³-hybridized carbons (Fsp3) is 0.167. The molecule has 2 aromatic heterocycles. The summed E-state index contributed by atoms with van der Waals surface area (Å²) in [5, 5.41) is 7.28. The zero-order valence-electron chi connectivity index (χ0n) is 10.8. The molecule has 0 saturated carbocycles. The number of carbonyl (C=O) groups is 1. The van der Waals surface area contributed by atoms with Crippen molar-refractivity contribution in [3.63, 3.8) is 0 Å². The van der Waals surface area contributed by atoms with E-state index in [-0.39, 0.29) is 6.03 Å². The van der Waals surface area contributed by atoms with Crippen molar-refractivity contribution in [1.29, 1.82) is 0 Å². The number of nitrogens with one attached hydrogen (secondary N) is 2. The highest BCUT2D eigenvalue weighted by atomic mass is 79.9. The lowest BCUT2D eigenvalue weighted by atomic mass is 10.3. The molecule has 0 unspecified atom stereocenters. The van der Waals surface area contributed by atoms with E-state index in [0.717, 1.165) is 15.4 Å². The normalized spacial score (nSPS) is 11.2. The molecule has 0 radical (unpaired) electrons. The predicted molar refractivity (Wildman–Crippen MR) is 82.8 cm³/mol. The van der Waals surface area contributed by atoms with Crippen molar-refractivity contribution in [3.05, 3.63) is 34.0 Å². The Morgan fingerprint density at radius 2 is 2.30 bits per heavy atom. The molecule has 0 bridgehead atoms. The van der Waals surface area contributed by atoms with Gasteiger partial charge in [-0.25, -0.2) is 15.2 Å². The Morgan fingerprint density at radius 1 is 1.50 bits per heavy atom. The number of hydrazone groups is 1. The van der Waals surface area contributed by atoms with E-state index in [9.17, 15) is 4.79 Å². The molecule has 0 aromatic carbocycles. The smallest absolute Gasteiger partial charge is 0.334 e. The van der Waals surface area contributed by atoms with Gasteiger partial charge in [-0.1, -0.05) is 0 Å². The van der Waals surface area contributed by atoms with Crippen LogP contribution in [0.25, 0.3) is 10.6 Å². The van der Waals surface area contributed by atoms with E-state index in [2.05, 4.69) is 41.7 Å². The van der Waals surface area contributed by atoms with Gasteiger partial charge in [-0.05, 0) is 35.0 Å². The summed E-state index contributed by atoms with van der Waals surface area (Å²) in [4.78, 5) is 20.5. The number of amides is 2. The third kappa shape index (κ3) is 3.40. The molecule has 2 amide bonds. The molecule has 8 heteroatoms. The van der Waals surface area contributed by atoms with Gasteiger partial charge in [0.15, 0.2) is 0 Å². The van der Waals surface area contributed by atoms with Crippen molar-refractivity contribution in [1.82, 2.24) is 20.7 Å². The largest absolute Gasteiger partial charge is 0.340 e. The summed E-state index contributed by atoms with van der Waals surface area (Å²) < 4.78 is 0.696. The molecular weight excluding hydrogens is 342 g/mol. The average molecular weight is 354 g/mol. The molecule has 0 aliphatic carbocycles. The van der Waals surface area contributed by atoms with Crippen molar-refractivity contribution in [3.8, 4) is 10.6 Å². The van der Waals surface area contributed by atoms with Crippen molar-refractivity contribution in [2.75, 3.05) is 7.05 Å². The SMILES string of the molecule is CNC(=O)N/N=C(\C)c1sc(-c2cccnc2)nc1Br. The molecular formula is C12H12BrN5OS. The fourth-order valence-corrected chi connectivity index (χ4v) is 3.10. The predicted octanol–water partition coefficient (Wildman–Crippen LogP) is 2.62. The van der Waals surface area contributed by atoms with E-state index in [0.29, 0.717) is 10.3 Å². The summed E-state index contributed by atoms with van der Waals surface area (Å²) in [6.45, 7) is 1.81. The highest BCUT2D eigenvalue weighted by Gasteiger charge is 2.13. The van der Waals surface area contributed by atoms with Crippen molar-refractivity contribution >= 4 is 39.0 Å². The van der Waals surface area contributed by atoms with Crippen molar-refractivity contribution < 1.29 is 4.79 Å². The summed E-state index contributed by atoms with van der Waals surface area (Å²) in [5.74, 6) is 0. The molecule has 0 fully saturated rings. The molecule has 2 N–H and O–H groups in total. The first-order chi connectivity index (χ1) is 9.61. The van der Waals surface area contributed by atoms with E-state index in [4.69, 9.17) is 0 Å². The second kappa shape index (κ2) is 6.58. The minimum atomic E-state index is -0.363. The minimum absolute atomic E-state index is 0.363. The van der Waals surface area contributed by atoms with Gasteiger partial charge in [-0.15, -0.1) is 11.3 Å². The van der Waals surface area contributed by atoms with E-state index >= 15 is 0 Å². The Hall–Kier alpha value is -1.80. The van der Waals surface area contributed by atoms with Gasteiger partial charge < -0.3 is 5.32 Å². The van der Waals surface area contributed by atoms with Crippen LogP contribution in [0.1, 0.15) is 11.8 Å². The van der Waals surface area contributed by atoms with Gasteiger partial charge in [-0.2, -0.15) is 5.10 Å². The highest BCUT2D eigenvalue weighted by Crippen LogP contribution is 2.31. The van der Waals surface area contributed by atoms with Gasteiger partial charge in [-0.3, -0.25) is 4.98 Å². The van der Waals surface area contributed by atoms with Crippen LogP contribution in [0.3, 0.4) is 0 Å². The lowest BCUT2D eigenvalue weighted by Gasteiger charge is -1.99. The molecule has 2 heterocycles. The average Bonchev–Trinajstić information content (AvgIpc) is 2.87. The van der Waals surface area contributed by atoms with Crippen LogP contribution >= 0.6 is 27.3 Å². The number of pyridine rings is 1. The zero-order chi connectivity index (χ0) is 14.5. The summed E-state index contributed by atoms with van der Waals surface area (Å²) in [7, 11) is 1.53. The fourth-order valence-electron chi connectivity index (χ4n) is 1.38. The summed E-state index contributed by atoms with van der Waals surface area (Å²) in [6.07, 6.45) is 3.47. The van der Waals surface area contributed by atoms with Crippen LogP contribution in [0.2, 0.25) is 0 Å². The zero-order valence-corrected chi connectivity index (χ0v) is 13.2. The number of nitrogens with zero attached hydrogens (tertiary/aromatic N) is 3. The Kier molecular flexibility index (Phi) is 4.80. The Labute approximate surface area is 128 Å².